The van der Waals surface area contributed by atoms with Crippen LogP contribution in [0.2, 0.25) is 0 Å². The van der Waals surface area contributed by atoms with E-state index >= 15 is 0 Å². The molecule has 102 valence electrons. The molecule has 1 amide bonds. The highest BCUT2D eigenvalue weighted by molar-refractivity contribution is 7.91. The Morgan fingerprint density at radius 2 is 2.00 bits per heavy atom. The van der Waals surface area contributed by atoms with Crippen molar-refractivity contribution in [2.75, 3.05) is 11.5 Å². The van der Waals surface area contributed by atoms with Gasteiger partial charge >= 0.3 is 0 Å². The molecule has 1 heterocycles. The highest BCUT2D eigenvalue weighted by atomic mass is 32.2. The fraction of sp³-hybridized carbons (Fsp3) is 0.357. The lowest BCUT2D eigenvalue weighted by atomic mass is 10.0. The monoisotopic (exact) mass is 279 g/mol. The first-order valence-electron chi connectivity index (χ1n) is 6.14. The Morgan fingerprint density at radius 3 is 2.58 bits per heavy atom. The number of benzene rings is 1. The Morgan fingerprint density at radius 1 is 1.32 bits per heavy atom. The summed E-state index contributed by atoms with van der Waals surface area (Å²) >= 11 is 0. The van der Waals surface area contributed by atoms with Crippen LogP contribution in [-0.2, 0) is 14.6 Å². The maximum Gasteiger partial charge on any atom is 0.244 e. The van der Waals surface area contributed by atoms with Crippen LogP contribution in [0.4, 0.5) is 0 Å². The van der Waals surface area contributed by atoms with Crippen molar-refractivity contribution in [2.45, 2.75) is 18.9 Å². The molecule has 1 aliphatic rings. The van der Waals surface area contributed by atoms with Gasteiger partial charge in [0.15, 0.2) is 9.84 Å². The molecule has 1 aromatic rings. The van der Waals surface area contributed by atoms with Gasteiger partial charge in [-0.2, -0.15) is 0 Å². The number of sulfone groups is 1. The summed E-state index contributed by atoms with van der Waals surface area (Å²) in [6, 6.07) is 9.48. The standard InChI is InChI=1S/C14H17NO3S/c1-14(9-10-19(17,18)11-14)15-13(16)8-7-12-5-3-2-4-6-12/h2-8H,9-11H2,1H3,(H,15,16)/b8-7+. The van der Waals surface area contributed by atoms with E-state index in [9.17, 15) is 13.2 Å². The largest absolute Gasteiger partial charge is 0.346 e. The third-order valence-electron chi connectivity index (χ3n) is 3.16. The fourth-order valence-electron chi connectivity index (χ4n) is 2.18. The second kappa shape index (κ2) is 5.17. The summed E-state index contributed by atoms with van der Waals surface area (Å²) in [6.45, 7) is 1.77. The predicted octanol–water partition coefficient (Wildman–Crippen LogP) is 1.39. The maximum absolute atomic E-state index is 11.8. The van der Waals surface area contributed by atoms with Gasteiger partial charge < -0.3 is 5.32 Å². The maximum atomic E-state index is 11.8. The highest BCUT2D eigenvalue weighted by Crippen LogP contribution is 2.22. The average molecular weight is 279 g/mol. The molecular weight excluding hydrogens is 262 g/mol. The number of hydrogen-bond donors (Lipinski definition) is 1. The van der Waals surface area contributed by atoms with E-state index in [1.165, 1.54) is 6.08 Å². The molecule has 1 aromatic carbocycles. The molecular formula is C14H17NO3S. The first kappa shape index (κ1) is 13.8. The van der Waals surface area contributed by atoms with Crippen LogP contribution in [0.1, 0.15) is 18.9 Å². The molecule has 0 saturated carbocycles. The SMILES string of the molecule is CC1(NC(=O)/C=C/c2ccccc2)CCS(=O)(=O)C1. The van der Waals surface area contributed by atoms with Gasteiger partial charge in [0.05, 0.1) is 17.0 Å². The van der Waals surface area contributed by atoms with Crippen molar-refractivity contribution >= 4 is 21.8 Å². The minimum atomic E-state index is -3.01. The van der Waals surface area contributed by atoms with E-state index in [1.807, 2.05) is 30.3 Å². The van der Waals surface area contributed by atoms with Crippen molar-refractivity contribution in [3.05, 3.63) is 42.0 Å². The molecule has 1 N–H and O–H groups in total. The summed E-state index contributed by atoms with van der Waals surface area (Å²) < 4.78 is 22.9. The zero-order valence-electron chi connectivity index (χ0n) is 10.8. The molecule has 1 saturated heterocycles. The summed E-state index contributed by atoms with van der Waals surface area (Å²) in [7, 11) is -3.01. The summed E-state index contributed by atoms with van der Waals surface area (Å²) in [4.78, 5) is 11.8. The van der Waals surface area contributed by atoms with E-state index in [0.29, 0.717) is 6.42 Å². The molecule has 1 unspecified atom stereocenters. The Hall–Kier alpha value is -1.62. The highest BCUT2D eigenvalue weighted by Gasteiger charge is 2.38. The van der Waals surface area contributed by atoms with Gasteiger partial charge in [-0.1, -0.05) is 30.3 Å². The van der Waals surface area contributed by atoms with E-state index in [1.54, 1.807) is 13.0 Å². The van der Waals surface area contributed by atoms with Crippen molar-refractivity contribution in [3.8, 4) is 0 Å². The topological polar surface area (TPSA) is 63.2 Å². The molecule has 2 rings (SSSR count). The molecule has 0 aromatic heterocycles. The Bertz CT molecular complexity index is 592. The van der Waals surface area contributed by atoms with Gasteiger partial charge in [-0.05, 0) is 25.0 Å². The summed E-state index contributed by atoms with van der Waals surface area (Å²) in [5.74, 6) is -0.0969. The number of nitrogens with one attached hydrogen (secondary N) is 1. The normalized spacial score (nSPS) is 25.5. The van der Waals surface area contributed by atoms with Crippen LogP contribution in [-0.4, -0.2) is 31.4 Å². The van der Waals surface area contributed by atoms with Crippen LogP contribution in [0, 0.1) is 0 Å². The lowest BCUT2D eigenvalue weighted by Crippen LogP contribution is -2.46. The van der Waals surface area contributed by atoms with Gasteiger partial charge in [-0.25, -0.2) is 8.42 Å². The van der Waals surface area contributed by atoms with Gasteiger partial charge in [-0.15, -0.1) is 0 Å². The zero-order valence-corrected chi connectivity index (χ0v) is 11.6. The predicted molar refractivity (Wildman–Crippen MR) is 75.3 cm³/mol. The molecule has 0 bridgehead atoms. The number of hydrogen-bond acceptors (Lipinski definition) is 3. The molecule has 1 aliphatic heterocycles. The van der Waals surface area contributed by atoms with Gasteiger partial charge in [-0.3, -0.25) is 4.79 Å². The van der Waals surface area contributed by atoms with E-state index in [0.717, 1.165) is 5.56 Å². The number of carbonyl (C=O) groups is 1. The minimum Gasteiger partial charge on any atom is -0.346 e. The number of carbonyl (C=O) groups excluding carboxylic acids is 1. The molecule has 0 radical (unpaired) electrons. The second-order valence-corrected chi connectivity index (χ2v) is 7.32. The van der Waals surface area contributed by atoms with Crippen LogP contribution in [0.25, 0.3) is 6.08 Å². The summed E-state index contributed by atoms with van der Waals surface area (Å²) in [5.41, 5.74) is 0.290. The Kier molecular flexibility index (Phi) is 3.75. The first-order chi connectivity index (χ1) is 8.89. The molecule has 5 heteroatoms. The quantitative estimate of drug-likeness (QED) is 0.851. The van der Waals surface area contributed by atoms with Crippen LogP contribution in [0.3, 0.4) is 0 Å². The van der Waals surface area contributed by atoms with Crippen molar-refractivity contribution in [1.29, 1.82) is 0 Å². The lowest BCUT2D eigenvalue weighted by Gasteiger charge is -2.22. The second-order valence-electron chi connectivity index (χ2n) is 5.14. The number of amides is 1. The van der Waals surface area contributed by atoms with Crippen molar-refractivity contribution in [3.63, 3.8) is 0 Å². The summed E-state index contributed by atoms with van der Waals surface area (Å²) in [5, 5.41) is 2.78. The molecule has 1 atom stereocenters. The van der Waals surface area contributed by atoms with Crippen LogP contribution in [0.5, 0.6) is 0 Å². The van der Waals surface area contributed by atoms with Crippen molar-refractivity contribution < 1.29 is 13.2 Å². The van der Waals surface area contributed by atoms with E-state index in [2.05, 4.69) is 5.32 Å². The molecule has 4 nitrogen and oxygen atoms in total. The van der Waals surface area contributed by atoms with Crippen LogP contribution < -0.4 is 5.32 Å². The van der Waals surface area contributed by atoms with Crippen molar-refractivity contribution in [2.24, 2.45) is 0 Å². The van der Waals surface area contributed by atoms with E-state index < -0.39 is 15.4 Å². The third kappa shape index (κ3) is 3.92. The fourth-order valence-corrected chi connectivity index (χ4v) is 4.28. The third-order valence-corrected chi connectivity index (χ3v) is 5.06. The molecule has 19 heavy (non-hydrogen) atoms. The van der Waals surface area contributed by atoms with Crippen LogP contribution >= 0.6 is 0 Å². The smallest absolute Gasteiger partial charge is 0.244 e. The van der Waals surface area contributed by atoms with Gasteiger partial charge in [0, 0.05) is 6.08 Å². The Labute approximate surface area is 113 Å². The minimum absolute atomic E-state index is 0.0188. The molecule has 0 spiro atoms. The average Bonchev–Trinajstić information content (AvgIpc) is 2.62. The van der Waals surface area contributed by atoms with Gasteiger partial charge in [0.2, 0.25) is 5.91 Å². The first-order valence-corrected chi connectivity index (χ1v) is 7.96. The van der Waals surface area contributed by atoms with Crippen molar-refractivity contribution in [1.82, 2.24) is 5.32 Å². The van der Waals surface area contributed by atoms with Crippen LogP contribution in [0.15, 0.2) is 36.4 Å². The molecule has 1 fully saturated rings. The van der Waals surface area contributed by atoms with E-state index in [-0.39, 0.29) is 17.4 Å². The summed E-state index contributed by atoms with van der Waals surface area (Å²) in [6.07, 6.45) is 3.62. The van der Waals surface area contributed by atoms with E-state index in [4.69, 9.17) is 0 Å². The lowest BCUT2D eigenvalue weighted by molar-refractivity contribution is -0.117. The zero-order chi connectivity index (χ0) is 13.9. The van der Waals surface area contributed by atoms with Gasteiger partial charge in [0.1, 0.15) is 0 Å². The molecule has 0 aliphatic carbocycles. The Balaban J connectivity index is 1.97. The number of rotatable bonds is 3. The van der Waals surface area contributed by atoms with Gasteiger partial charge in [0.25, 0.3) is 0 Å².